The van der Waals surface area contributed by atoms with Gasteiger partial charge in [0.05, 0.1) is 19.5 Å². The molecule has 9 heteroatoms. The van der Waals surface area contributed by atoms with Crippen LogP contribution in [0, 0.1) is 0 Å². The third kappa shape index (κ3) is 2.92. The number of nitrogens with zero attached hydrogens (tertiary/aromatic N) is 1. The van der Waals surface area contributed by atoms with Gasteiger partial charge in [-0.25, -0.2) is 16.8 Å². The van der Waals surface area contributed by atoms with Gasteiger partial charge in [0, 0.05) is 24.9 Å². The van der Waals surface area contributed by atoms with Gasteiger partial charge in [-0.05, 0) is 12.1 Å². The van der Waals surface area contributed by atoms with Gasteiger partial charge in [0.2, 0.25) is 10.0 Å². The Balaban J connectivity index is 2.30. The molecule has 1 heterocycles. The van der Waals surface area contributed by atoms with Crippen molar-refractivity contribution in [1.82, 2.24) is 4.31 Å². The molecule has 1 aromatic rings. The van der Waals surface area contributed by atoms with Gasteiger partial charge < -0.3 is 9.47 Å². The second-order valence-corrected chi connectivity index (χ2v) is 9.39. The van der Waals surface area contributed by atoms with Crippen LogP contribution in [0.25, 0.3) is 0 Å². The van der Waals surface area contributed by atoms with Gasteiger partial charge in [-0.15, -0.1) is 0 Å². The topological polar surface area (TPSA) is 90.0 Å². The molecular weight excluding hydrogens is 330 g/mol. The van der Waals surface area contributed by atoms with Gasteiger partial charge in [-0.1, -0.05) is 6.92 Å². The normalized spacial score (nSPS) is 17.0. The van der Waals surface area contributed by atoms with Crippen LogP contribution < -0.4 is 9.47 Å². The van der Waals surface area contributed by atoms with E-state index in [0.717, 1.165) is 4.31 Å². The van der Waals surface area contributed by atoms with Crippen LogP contribution in [-0.4, -0.2) is 59.5 Å². The average molecular weight is 349 g/mol. The zero-order chi connectivity index (χ0) is 16.5. The standard InChI is InChI=1S/C13H19NO6S2/c1-4-21(15,16)11-8-14(9-11)22(17,18)13-7-10(19-2)5-6-12(13)20-3/h5-7,11H,4,8-9H2,1-3H3. The molecular formula is C13H19NO6S2. The summed E-state index contributed by atoms with van der Waals surface area (Å²) in [6.45, 7) is 1.50. The highest BCUT2D eigenvalue weighted by molar-refractivity contribution is 7.92. The van der Waals surface area contributed by atoms with E-state index in [1.54, 1.807) is 13.0 Å². The number of rotatable bonds is 6. The fraction of sp³-hybridized carbons (Fsp3) is 0.538. The Morgan fingerprint density at radius 1 is 1.14 bits per heavy atom. The van der Waals surface area contributed by atoms with E-state index in [4.69, 9.17) is 9.47 Å². The lowest BCUT2D eigenvalue weighted by Crippen LogP contribution is -2.57. The number of ether oxygens (including phenoxy) is 2. The second-order valence-electron chi connectivity index (χ2n) is 4.91. The highest BCUT2D eigenvalue weighted by atomic mass is 32.2. The van der Waals surface area contributed by atoms with Crippen LogP contribution >= 0.6 is 0 Å². The molecule has 0 spiro atoms. The Kier molecular flexibility index (Phi) is 4.69. The molecule has 22 heavy (non-hydrogen) atoms. The van der Waals surface area contributed by atoms with E-state index in [9.17, 15) is 16.8 Å². The maximum absolute atomic E-state index is 12.6. The number of benzene rings is 1. The van der Waals surface area contributed by atoms with Gasteiger partial charge in [-0.3, -0.25) is 0 Å². The van der Waals surface area contributed by atoms with Crippen LogP contribution in [0.2, 0.25) is 0 Å². The van der Waals surface area contributed by atoms with Gasteiger partial charge >= 0.3 is 0 Å². The lowest BCUT2D eigenvalue weighted by molar-refractivity contribution is 0.307. The van der Waals surface area contributed by atoms with Crippen LogP contribution in [0.5, 0.6) is 11.5 Å². The van der Waals surface area contributed by atoms with Crippen LogP contribution in [-0.2, 0) is 19.9 Å². The predicted molar refractivity (Wildman–Crippen MR) is 81.6 cm³/mol. The highest BCUT2D eigenvalue weighted by Crippen LogP contribution is 2.33. The van der Waals surface area contributed by atoms with Gasteiger partial charge in [0.25, 0.3) is 0 Å². The summed E-state index contributed by atoms with van der Waals surface area (Å²) in [7, 11) is -4.23. The van der Waals surface area contributed by atoms with Crippen LogP contribution in [0.1, 0.15) is 6.92 Å². The summed E-state index contributed by atoms with van der Waals surface area (Å²) < 4.78 is 60.0. The van der Waals surface area contributed by atoms with Gasteiger partial charge in [0.15, 0.2) is 9.84 Å². The number of hydrogen-bond acceptors (Lipinski definition) is 6. The van der Waals surface area contributed by atoms with Crippen molar-refractivity contribution < 1.29 is 26.3 Å². The Morgan fingerprint density at radius 2 is 1.77 bits per heavy atom. The molecule has 0 atom stereocenters. The largest absolute Gasteiger partial charge is 0.497 e. The van der Waals surface area contributed by atoms with E-state index in [-0.39, 0.29) is 29.5 Å². The molecule has 0 aliphatic carbocycles. The first-order chi connectivity index (χ1) is 10.3. The molecule has 0 aromatic heterocycles. The Labute approximate surface area is 130 Å². The number of methoxy groups -OCH3 is 2. The monoisotopic (exact) mass is 349 g/mol. The number of hydrogen-bond donors (Lipinski definition) is 0. The fourth-order valence-electron chi connectivity index (χ4n) is 2.18. The Morgan fingerprint density at radius 3 is 2.27 bits per heavy atom. The summed E-state index contributed by atoms with van der Waals surface area (Å²) in [4.78, 5) is -0.0262. The minimum absolute atomic E-state index is 0.00797. The van der Waals surface area contributed by atoms with E-state index < -0.39 is 25.1 Å². The summed E-state index contributed by atoms with van der Waals surface area (Å²) in [5.41, 5.74) is 0. The third-order valence-corrected chi connectivity index (χ3v) is 7.68. The minimum atomic E-state index is -3.82. The molecule has 0 radical (unpaired) electrons. The van der Waals surface area contributed by atoms with Crippen molar-refractivity contribution in [2.24, 2.45) is 0 Å². The molecule has 2 rings (SSSR count). The van der Waals surface area contributed by atoms with Gasteiger partial charge in [-0.2, -0.15) is 4.31 Å². The third-order valence-electron chi connectivity index (χ3n) is 3.71. The molecule has 1 saturated heterocycles. The molecule has 0 N–H and O–H groups in total. The molecule has 0 saturated carbocycles. The Bertz CT molecular complexity index is 751. The van der Waals surface area contributed by atoms with Crippen molar-refractivity contribution >= 4 is 19.9 Å². The van der Waals surface area contributed by atoms with Crippen molar-refractivity contribution in [3.8, 4) is 11.5 Å². The van der Waals surface area contributed by atoms with Crippen molar-refractivity contribution in [2.75, 3.05) is 33.1 Å². The SMILES string of the molecule is CCS(=O)(=O)C1CN(S(=O)(=O)c2cc(OC)ccc2OC)C1. The van der Waals surface area contributed by atoms with Crippen molar-refractivity contribution in [1.29, 1.82) is 0 Å². The molecule has 1 aliphatic rings. The molecule has 1 aromatic carbocycles. The van der Waals surface area contributed by atoms with Crippen LogP contribution in [0.15, 0.2) is 23.1 Å². The summed E-state index contributed by atoms with van der Waals surface area (Å²) in [5.74, 6) is 0.592. The first-order valence-corrected chi connectivity index (χ1v) is 9.85. The van der Waals surface area contributed by atoms with Crippen molar-refractivity contribution in [3.63, 3.8) is 0 Å². The molecule has 7 nitrogen and oxygen atoms in total. The highest BCUT2D eigenvalue weighted by Gasteiger charge is 2.43. The molecule has 0 bridgehead atoms. The summed E-state index contributed by atoms with van der Waals surface area (Å²) in [6, 6.07) is 4.47. The second kappa shape index (κ2) is 6.05. The molecule has 0 unspecified atom stereocenters. The summed E-state index contributed by atoms with van der Waals surface area (Å²) in [5, 5.41) is -0.635. The van der Waals surface area contributed by atoms with E-state index in [1.807, 2.05) is 0 Å². The van der Waals surface area contributed by atoms with E-state index in [0.29, 0.717) is 5.75 Å². The zero-order valence-electron chi connectivity index (χ0n) is 12.6. The molecule has 124 valence electrons. The average Bonchev–Trinajstić information content (AvgIpc) is 2.44. The number of sulfonamides is 1. The summed E-state index contributed by atoms with van der Waals surface area (Å²) in [6.07, 6.45) is 0. The van der Waals surface area contributed by atoms with Crippen LogP contribution in [0.4, 0.5) is 0 Å². The lowest BCUT2D eigenvalue weighted by Gasteiger charge is -2.37. The predicted octanol–water partition coefficient (Wildman–Crippen LogP) is 0.511. The van der Waals surface area contributed by atoms with Crippen molar-refractivity contribution in [3.05, 3.63) is 18.2 Å². The van der Waals surface area contributed by atoms with Gasteiger partial charge in [0.1, 0.15) is 16.4 Å². The first kappa shape index (κ1) is 17.0. The molecule has 0 amide bonds. The number of sulfone groups is 1. The Hall–Kier alpha value is -1.32. The molecule has 1 aliphatic heterocycles. The zero-order valence-corrected chi connectivity index (χ0v) is 14.3. The lowest BCUT2D eigenvalue weighted by atomic mass is 10.3. The first-order valence-electron chi connectivity index (χ1n) is 6.70. The maximum Gasteiger partial charge on any atom is 0.246 e. The van der Waals surface area contributed by atoms with Crippen molar-refractivity contribution in [2.45, 2.75) is 17.1 Å². The molecule has 1 fully saturated rings. The van der Waals surface area contributed by atoms with E-state index >= 15 is 0 Å². The van der Waals surface area contributed by atoms with Crippen LogP contribution in [0.3, 0.4) is 0 Å². The quantitative estimate of drug-likeness (QED) is 0.743. The fourth-order valence-corrected chi connectivity index (χ4v) is 5.36. The maximum atomic E-state index is 12.6. The minimum Gasteiger partial charge on any atom is -0.497 e. The van der Waals surface area contributed by atoms with E-state index in [1.165, 1.54) is 26.4 Å². The van der Waals surface area contributed by atoms with E-state index in [2.05, 4.69) is 0 Å². The summed E-state index contributed by atoms with van der Waals surface area (Å²) >= 11 is 0. The smallest absolute Gasteiger partial charge is 0.246 e.